The van der Waals surface area contributed by atoms with Gasteiger partial charge in [0.2, 0.25) is 5.91 Å². The fraction of sp³-hybridized carbons (Fsp3) is 0.900. The highest BCUT2D eigenvalue weighted by molar-refractivity contribution is 5.73. The van der Waals surface area contributed by atoms with Gasteiger partial charge >= 0.3 is 0 Å². The number of carbonyl (C=O) groups excluding carboxylic acids is 1. The topological polar surface area (TPSA) is 46.3 Å². The Hall–Kier alpha value is -0.570. The molecule has 1 amide bonds. The maximum Gasteiger partial charge on any atom is 0.219 e. The molecule has 0 radical (unpaired) electrons. The number of amides is 1. The van der Waals surface area contributed by atoms with E-state index in [4.69, 9.17) is 5.73 Å². The van der Waals surface area contributed by atoms with E-state index in [0.29, 0.717) is 12.0 Å². The number of hydrogen-bond acceptors (Lipinski definition) is 2. The number of rotatable bonds is 2. The molecule has 0 bridgehead atoms. The SMILES string of the molecule is CC(=O)N(C)C1CCCC(CN)C1. The van der Waals surface area contributed by atoms with E-state index in [2.05, 4.69) is 0 Å². The van der Waals surface area contributed by atoms with Crippen molar-refractivity contribution in [2.45, 2.75) is 38.6 Å². The van der Waals surface area contributed by atoms with E-state index >= 15 is 0 Å². The van der Waals surface area contributed by atoms with Gasteiger partial charge in [0.15, 0.2) is 0 Å². The molecule has 0 aromatic carbocycles. The van der Waals surface area contributed by atoms with Crippen LogP contribution in [-0.2, 0) is 4.79 Å². The van der Waals surface area contributed by atoms with Crippen molar-refractivity contribution in [3.63, 3.8) is 0 Å². The van der Waals surface area contributed by atoms with Gasteiger partial charge in [-0.05, 0) is 31.7 Å². The summed E-state index contributed by atoms with van der Waals surface area (Å²) in [6, 6.07) is 0.430. The molecule has 2 unspecified atom stereocenters. The third-order valence-corrected chi connectivity index (χ3v) is 3.13. The molecule has 13 heavy (non-hydrogen) atoms. The van der Waals surface area contributed by atoms with Crippen molar-refractivity contribution in [2.75, 3.05) is 13.6 Å². The summed E-state index contributed by atoms with van der Waals surface area (Å²) in [5.74, 6) is 0.795. The zero-order valence-electron chi connectivity index (χ0n) is 8.62. The van der Waals surface area contributed by atoms with Gasteiger partial charge in [-0.1, -0.05) is 6.42 Å². The van der Waals surface area contributed by atoms with Crippen LogP contribution in [0.1, 0.15) is 32.6 Å². The zero-order chi connectivity index (χ0) is 9.84. The Kier molecular flexibility index (Phi) is 3.72. The first-order chi connectivity index (χ1) is 6.15. The average Bonchev–Trinajstić information content (AvgIpc) is 2.16. The van der Waals surface area contributed by atoms with Gasteiger partial charge in [-0.2, -0.15) is 0 Å². The zero-order valence-corrected chi connectivity index (χ0v) is 8.62. The third-order valence-electron chi connectivity index (χ3n) is 3.13. The van der Waals surface area contributed by atoms with Crippen LogP contribution in [0, 0.1) is 5.92 Å². The quantitative estimate of drug-likeness (QED) is 0.695. The number of carbonyl (C=O) groups is 1. The van der Waals surface area contributed by atoms with E-state index in [9.17, 15) is 4.79 Å². The second kappa shape index (κ2) is 4.61. The summed E-state index contributed by atoms with van der Waals surface area (Å²) < 4.78 is 0. The smallest absolute Gasteiger partial charge is 0.219 e. The molecule has 1 aliphatic rings. The molecule has 0 aromatic rings. The maximum atomic E-state index is 11.1. The highest BCUT2D eigenvalue weighted by Gasteiger charge is 2.24. The van der Waals surface area contributed by atoms with Crippen molar-refractivity contribution in [2.24, 2.45) is 11.7 Å². The molecular weight excluding hydrogens is 164 g/mol. The van der Waals surface area contributed by atoms with Gasteiger partial charge in [0, 0.05) is 20.0 Å². The Morgan fingerprint density at radius 1 is 1.54 bits per heavy atom. The van der Waals surface area contributed by atoms with E-state index in [0.717, 1.165) is 19.4 Å². The van der Waals surface area contributed by atoms with Crippen molar-refractivity contribution < 1.29 is 4.79 Å². The summed E-state index contributed by atoms with van der Waals surface area (Å²) >= 11 is 0. The first-order valence-electron chi connectivity index (χ1n) is 5.08. The highest BCUT2D eigenvalue weighted by atomic mass is 16.2. The predicted molar refractivity (Wildman–Crippen MR) is 53.2 cm³/mol. The van der Waals surface area contributed by atoms with E-state index in [1.165, 1.54) is 12.8 Å². The molecule has 76 valence electrons. The molecule has 0 spiro atoms. The molecule has 2 N–H and O–H groups in total. The number of hydrogen-bond donors (Lipinski definition) is 1. The van der Waals surface area contributed by atoms with Crippen molar-refractivity contribution >= 4 is 5.91 Å². The van der Waals surface area contributed by atoms with Gasteiger partial charge in [0.05, 0.1) is 0 Å². The first-order valence-corrected chi connectivity index (χ1v) is 5.08. The molecule has 0 heterocycles. The van der Waals surface area contributed by atoms with Crippen LogP contribution in [0.3, 0.4) is 0 Å². The van der Waals surface area contributed by atoms with E-state index in [1.54, 1.807) is 6.92 Å². The summed E-state index contributed by atoms with van der Waals surface area (Å²) in [5.41, 5.74) is 5.64. The van der Waals surface area contributed by atoms with Gasteiger partial charge in [-0.25, -0.2) is 0 Å². The molecule has 0 aromatic heterocycles. The summed E-state index contributed by atoms with van der Waals surface area (Å²) in [6.07, 6.45) is 4.68. The standard InChI is InChI=1S/C10H20N2O/c1-8(13)12(2)10-5-3-4-9(6-10)7-11/h9-10H,3-7,11H2,1-2H3. The number of nitrogens with zero attached hydrogens (tertiary/aromatic N) is 1. The van der Waals surface area contributed by atoms with Gasteiger partial charge in [-0.15, -0.1) is 0 Å². The summed E-state index contributed by atoms with van der Waals surface area (Å²) in [6.45, 7) is 2.40. The van der Waals surface area contributed by atoms with E-state index in [-0.39, 0.29) is 5.91 Å². The summed E-state index contributed by atoms with van der Waals surface area (Å²) in [5, 5.41) is 0. The third kappa shape index (κ3) is 2.69. The molecule has 1 fully saturated rings. The minimum absolute atomic E-state index is 0.169. The van der Waals surface area contributed by atoms with Crippen LogP contribution in [0.2, 0.25) is 0 Å². The molecule has 2 atom stereocenters. The van der Waals surface area contributed by atoms with Crippen LogP contribution in [0.4, 0.5) is 0 Å². The Bertz CT molecular complexity index is 182. The monoisotopic (exact) mass is 184 g/mol. The lowest BCUT2D eigenvalue weighted by Gasteiger charge is -2.34. The minimum atomic E-state index is 0.169. The molecule has 3 nitrogen and oxygen atoms in total. The molecule has 1 rings (SSSR count). The van der Waals surface area contributed by atoms with Crippen LogP contribution >= 0.6 is 0 Å². The fourth-order valence-corrected chi connectivity index (χ4v) is 2.09. The van der Waals surface area contributed by atoms with Crippen LogP contribution < -0.4 is 5.73 Å². The van der Waals surface area contributed by atoms with Crippen LogP contribution in [0.5, 0.6) is 0 Å². The van der Waals surface area contributed by atoms with Crippen molar-refractivity contribution in [1.82, 2.24) is 4.90 Å². The number of nitrogens with two attached hydrogens (primary N) is 1. The fourth-order valence-electron chi connectivity index (χ4n) is 2.09. The maximum absolute atomic E-state index is 11.1. The van der Waals surface area contributed by atoms with Gasteiger partial charge in [-0.3, -0.25) is 4.79 Å². The first kappa shape index (κ1) is 10.5. The second-order valence-corrected chi connectivity index (χ2v) is 4.05. The van der Waals surface area contributed by atoms with Crippen molar-refractivity contribution in [3.8, 4) is 0 Å². The Balaban J connectivity index is 2.46. The molecule has 1 saturated carbocycles. The molecule has 1 aliphatic carbocycles. The van der Waals surface area contributed by atoms with E-state index < -0.39 is 0 Å². The van der Waals surface area contributed by atoms with Gasteiger partial charge < -0.3 is 10.6 Å². The van der Waals surface area contributed by atoms with Crippen molar-refractivity contribution in [3.05, 3.63) is 0 Å². The lowest BCUT2D eigenvalue weighted by molar-refractivity contribution is -0.130. The second-order valence-electron chi connectivity index (χ2n) is 4.05. The Morgan fingerprint density at radius 2 is 2.23 bits per heavy atom. The molecule has 0 aliphatic heterocycles. The normalized spacial score (nSPS) is 28.5. The van der Waals surface area contributed by atoms with Crippen LogP contribution in [-0.4, -0.2) is 30.4 Å². The summed E-state index contributed by atoms with van der Waals surface area (Å²) in [4.78, 5) is 13.0. The van der Waals surface area contributed by atoms with Gasteiger partial charge in [0.1, 0.15) is 0 Å². The van der Waals surface area contributed by atoms with Crippen LogP contribution in [0.25, 0.3) is 0 Å². The highest BCUT2D eigenvalue weighted by Crippen LogP contribution is 2.26. The van der Waals surface area contributed by atoms with Crippen molar-refractivity contribution in [1.29, 1.82) is 0 Å². The van der Waals surface area contributed by atoms with E-state index in [1.807, 2.05) is 11.9 Å². The lowest BCUT2D eigenvalue weighted by atomic mass is 9.85. The summed E-state index contributed by atoms with van der Waals surface area (Å²) in [7, 11) is 1.89. The Morgan fingerprint density at radius 3 is 2.77 bits per heavy atom. The minimum Gasteiger partial charge on any atom is -0.343 e. The average molecular weight is 184 g/mol. The van der Waals surface area contributed by atoms with Gasteiger partial charge in [0.25, 0.3) is 0 Å². The lowest BCUT2D eigenvalue weighted by Crippen LogP contribution is -2.40. The Labute approximate surface area is 80.3 Å². The molecule has 3 heteroatoms. The molecular formula is C10H20N2O. The van der Waals surface area contributed by atoms with Crippen LogP contribution in [0.15, 0.2) is 0 Å². The molecule has 0 saturated heterocycles. The predicted octanol–water partition coefficient (Wildman–Crippen LogP) is 0.982. The largest absolute Gasteiger partial charge is 0.343 e.